The predicted molar refractivity (Wildman–Crippen MR) is 122 cm³/mol. The first-order valence-electron chi connectivity index (χ1n) is 9.80. The minimum absolute atomic E-state index is 0.334. The second-order valence-electron chi connectivity index (χ2n) is 8.24. The Hall–Kier alpha value is -2.45. The number of nitrogens with one attached hydrogen (secondary N) is 1. The third kappa shape index (κ3) is 5.25. The van der Waals surface area contributed by atoms with Crippen LogP contribution < -0.4 is 19.1 Å². The van der Waals surface area contributed by atoms with Gasteiger partial charge in [-0.2, -0.15) is 0 Å². The van der Waals surface area contributed by atoms with Crippen LogP contribution in [0.5, 0.6) is 11.5 Å². The van der Waals surface area contributed by atoms with E-state index in [-0.39, 0.29) is 12.6 Å². The summed E-state index contributed by atoms with van der Waals surface area (Å²) in [5.74, 6) is 0.863. The van der Waals surface area contributed by atoms with Crippen molar-refractivity contribution in [3.05, 3.63) is 52.5 Å². The Bertz CT molecular complexity index is 1100. The number of sulfonamides is 1. The molecule has 0 bridgehead atoms. The van der Waals surface area contributed by atoms with Gasteiger partial charge in [0.2, 0.25) is 15.9 Å². The maximum absolute atomic E-state index is 13.0. The summed E-state index contributed by atoms with van der Waals surface area (Å²) in [5.41, 5.74) is 1.27. The lowest BCUT2D eigenvalue weighted by atomic mass is 9.89. The number of anilines is 1. The van der Waals surface area contributed by atoms with Crippen LogP contribution in [0, 0.1) is 6.92 Å². The number of hydrogen-bond acceptors (Lipinski definition) is 5. The summed E-state index contributed by atoms with van der Waals surface area (Å²) in [6, 6.07) is 10.1. The fourth-order valence-corrected chi connectivity index (χ4v) is 4.78. The average Bonchev–Trinajstić information content (AvgIpc) is 2.66. The zero-order chi connectivity index (χ0) is 23.0. The highest BCUT2D eigenvalue weighted by molar-refractivity contribution is 7.92. The van der Waals surface area contributed by atoms with Gasteiger partial charge < -0.3 is 14.8 Å². The van der Waals surface area contributed by atoms with Crippen molar-refractivity contribution in [1.82, 2.24) is 5.32 Å². The van der Waals surface area contributed by atoms with E-state index in [1.165, 1.54) is 0 Å². The van der Waals surface area contributed by atoms with E-state index in [1.54, 1.807) is 44.4 Å². The molecular weight excluding hydrogens is 440 g/mol. The Morgan fingerprint density at radius 1 is 1.32 bits per heavy atom. The average molecular weight is 467 g/mol. The minimum atomic E-state index is -3.71. The first-order chi connectivity index (χ1) is 14.4. The van der Waals surface area contributed by atoms with E-state index in [1.807, 2.05) is 19.9 Å². The van der Waals surface area contributed by atoms with Crippen molar-refractivity contribution in [3.8, 4) is 11.5 Å². The molecule has 0 saturated heterocycles. The third-order valence-corrected chi connectivity index (χ3v) is 6.74. The zero-order valence-corrected chi connectivity index (χ0v) is 19.8. The van der Waals surface area contributed by atoms with Gasteiger partial charge in [-0.3, -0.25) is 9.10 Å². The number of benzene rings is 2. The number of nitrogens with zero attached hydrogens (tertiary/aromatic N) is 1. The number of carbonyl (C=O) groups excluding carboxylic acids is 1. The molecule has 1 heterocycles. The SMILES string of the molecule is COc1ccc2c(c1)OC(C)(C)CC2NC(=O)CN(c1cccc(Cl)c1C)S(C)(=O)=O. The van der Waals surface area contributed by atoms with Gasteiger partial charge in [0.05, 0.1) is 25.1 Å². The monoisotopic (exact) mass is 466 g/mol. The van der Waals surface area contributed by atoms with E-state index in [4.69, 9.17) is 21.1 Å². The number of amides is 1. The lowest BCUT2D eigenvalue weighted by Crippen LogP contribution is -2.45. The Morgan fingerprint density at radius 2 is 2.03 bits per heavy atom. The van der Waals surface area contributed by atoms with Crippen LogP contribution in [0.15, 0.2) is 36.4 Å². The standard InChI is InChI=1S/C22H27ClN2O5S/c1-14-17(23)7-6-8-19(14)25(31(5,27)28)13-21(26)24-18-12-22(2,3)30-20-11-15(29-4)9-10-16(18)20/h6-11,18H,12-13H2,1-5H3,(H,24,26). The Morgan fingerprint density at radius 3 is 2.68 bits per heavy atom. The molecule has 0 saturated carbocycles. The second kappa shape index (κ2) is 8.59. The van der Waals surface area contributed by atoms with E-state index in [9.17, 15) is 13.2 Å². The number of rotatable bonds is 6. The summed E-state index contributed by atoms with van der Waals surface area (Å²) >= 11 is 6.17. The summed E-state index contributed by atoms with van der Waals surface area (Å²) in [4.78, 5) is 13.0. The first kappa shape index (κ1) is 23.2. The van der Waals surface area contributed by atoms with Crippen molar-refractivity contribution < 1.29 is 22.7 Å². The van der Waals surface area contributed by atoms with Crippen LogP contribution in [-0.4, -0.2) is 39.8 Å². The third-order valence-electron chi connectivity index (χ3n) is 5.21. The molecule has 0 aliphatic carbocycles. The van der Waals surface area contributed by atoms with Gasteiger partial charge in [0, 0.05) is 23.1 Å². The smallest absolute Gasteiger partial charge is 0.241 e. The minimum Gasteiger partial charge on any atom is -0.497 e. The quantitative estimate of drug-likeness (QED) is 0.699. The molecule has 7 nitrogen and oxygen atoms in total. The van der Waals surface area contributed by atoms with E-state index in [2.05, 4.69) is 5.32 Å². The van der Waals surface area contributed by atoms with Gasteiger partial charge in [-0.1, -0.05) is 17.7 Å². The topological polar surface area (TPSA) is 84.9 Å². The molecule has 3 rings (SSSR count). The van der Waals surface area contributed by atoms with Crippen LogP contribution in [0.3, 0.4) is 0 Å². The summed E-state index contributed by atoms with van der Waals surface area (Å²) in [6.45, 7) is 5.24. The van der Waals surface area contributed by atoms with Crippen molar-refractivity contribution in [2.75, 3.05) is 24.2 Å². The van der Waals surface area contributed by atoms with Gasteiger partial charge in [-0.05, 0) is 50.6 Å². The van der Waals surface area contributed by atoms with Crippen LogP contribution in [0.2, 0.25) is 5.02 Å². The number of hydrogen-bond donors (Lipinski definition) is 1. The molecule has 168 valence electrons. The molecule has 2 aromatic rings. The van der Waals surface area contributed by atoms with Crippen LogP contribution in [-0.2, 0) is 14.8 Å². The molecule has 1 amide bonds. The largest absolute Gasteiger partial charge is 0.497 e. The second-order valence-corrected chi connectivity index (χ2v) is 10.6. The number of methoxy groups -OCH3 is 1. The Balaban J connectivity index is 1.87. The molecule has 1 aliphatic heterocycles. The van der Waals surface area contributed by atoms with Crippen molar-refractivity contribution in [2.45, 2.75) is 38.8 Å². The van der Waals surface area contributed by atoms with E-state index in [0.717, 1.165) is 16.1 Å². The van der Waals surface area contributed by atoms with Gasteiger partial charge in [-0.15, -0.1) is 0 Å². The van der Waals surface area contributed by atoms with Gasteiger partial charge in [-0.25, -0.2) is 8.42 Å². The van der Waals surface area contributed by atoms with E-state index in [0.29, 0.717) is 34.2 Å². The van der Waals surface area contributed by atoms with Gasteiger partial charge in [0.25, 0.3) is 0 Å². The molecule has 0 fully saturated rings. The van der Waals surface area contributed by atoms with Crippen LogP contribution in [0.1, 0.15) is 37.4 Å². The first-order valence-corrected chi connectivity index (χ1v) is 12.0. The van der Waals surface area contributed by atoms with Crippen LogP contribution >= 0.6 is 11.6 Å². The van der Waals surface area contributed by atoms with Crippen molar-refractivity contribution >= 4 is 33.2 Å². The van der Waals surface area contributed by atoms with Crippen molar-refractivity contribution in [2.24, 2.45) is 0 Å². The van der Waals surface area contributed by atoms with Crippen LogP contribution in [0.4, 0.5) is 5.69 Å². The fraction of sp³-hybridized carbons (Fsp3) is 0.409. The summed E-state index contributed by atoms with van der Waals surface area (Å²) in [5, 5.41) is 3.41. The van der Waals surface area contributed by atoms with Crippen LogP contribution in [0.25, 0.3) is 0 Å². The molecule has 1 atom stereocenters. The van der Waals surface area contributed by atoms with E-state index < -0.39 is 21.5 Å². The van der Waals surface area contributed by atoms with E-state index >= 15 is 0 Å². The highest BCUT2D eigenvalue weighted by Crippen LogP contribution is 2.41. The molecule has 1 N–H and O–H groups in total. The molecule has 0 radical (unpaired) electrons. The summed E-state index contributed by atoms with van der Waals surface area (Å²) in [6.07, 6.45) is 1.60. The lowest BCUT2D eigenvalue weighted by molar-refractivity contribution is -0.120. The highest BCUT2D eigenvalue weighted by atomic mass is 35.5. The molecule has 1 unspecified atom stereocenters. The molecule has 0 aromatic heterocycles. The summed E-state index contributed by atoms with van der Waals surface area (Å²) in [7, 11) is -2.14. The molecule has 1 aliphatic rings. The predicted octanol–water partition coefficient (Wildman–Crippen LogP) is 3.84. The molecule has 0 spiro atoms. The van der Waals surface area contributed by atoms with Gasteiger partial charge >= 0.3 is 0 Å². The van der Waals surface area contributed by atoms with Gasteiger partial charge in [0.1, 0.15) is 23.6 Å². The normalized spacial score (nSPS) is 17.3. The van der Waals surface area contributed by atoms with Crippen molar-refractivity contribution in [3.63, 3.8) is 0 Å². The molecule has 31 heavy (non-hydrogen) atoms. The summed E-state index contributed by atoms with van der Waals surface area (Å²) < 4.78 is 37.3. The maximum atomic E-state index is 13.0. The zero-order valence-electron chi connectivity index (χ0n) is 18.2. The molecule has 2 aromatic carbocycles. The number of fused-ring (bicyclic) bond motifs is 1. The Kier molecular flexibility index (Phi) is 6.43. The Labute approximate surface area is 188 Å². The van der Waals surface area contributed by atoms with Crippen molar-refractivity contribution in [1.29, 1.82) is 0 Å². The lowest BCUT2D eigenvalue weighted by Gasteiger charge is -2.38. The number of ether oxygens (including phenoxy) is 2. The fourth-order valence-electron chi connectivity index (χ4n) is 3.71. The molecule has 9 heteroatoms. The van der Waals surface area contributed by atoms with Gasteiger partial charge in [0.15, 0.2) is 0 Å². The molecular formula is C22H27ClN2O5S. The number of halogens is 1. The highest BCUT2D eigenvalue weighted by Gasteiger charge is 2.35. The maximum Gasteiger partial charge on any atom is 0.241 e. The number of carbonyl (C=O) groups is 1.